The molecule has 0 saturated carbocycles. The lowest BCUT2D eigenvalue weighted by Crippen LogP contribution is -2.37. The Morgan fingerprint density at radius 1 is 1.02 bits per heavy atom. The molecule has 0 aliphatic carbocycles. The van der Waals surface area contributed by atoms with Crippen LogP contribution in [0.3, 0.4) is 0 Å². The van der Waals surface area contributed by atoms with Crippen LogP contribution in [0.5, 0.6) is 17.2 Å². The number of benzene rings is 3. The number of alkyl halides is 3. The first-order chi connectivity index (χ1) is 20.9. The normalized spacial score (nSPS) is 12.5. The summed E-state index contributed by atoms with van der Waals surface area (Å²) in [5, 5.41) is 20.6. The molecule has 0 spiro atoms. The Hall–Kier alpha value is -4.55. The van der Waals surface area contributed by atoms with Gasteiger partial charge in [0.2, 0.25) is 0 Å². The second kappa shape index (κ2) is 14.3. The number of aliphatic hydroxyl groups is 1. The average Bonchev–Trinajstić information content (AvgIpc) is 3.45. The number of primary amides is 1. The number of nitrogens with zero attached hydrogens (tertiary/aromatic N) is 3. The predicted molar refractivity (Wildman–Crippen MR) is 158 cm³/mol. The van der Waals surface area contributed by atoms with Crippen molar-refractivity contribution in [1.29, 1.82) is 0 Å². The van der Waals surface area contributed by atoms with E-state index in [1.165, 1.54) is 22.8 Å². The van der Waals surface area contributed by atoms with Gasteiger partial charge in [-0.15, -0.1) is 0 Å². The maximum Gasteiger partial charge on any atom is 0.434 e. The summed E-state index contributed by atoms with van der Waals surface area (Å²) in [5.74, 6) is 0.0199. The first-order valence-electron chi connectivity index (χ1n) is 14.0. The largest absolute Gasteiger partial charge is 0.507 e. The topological polar surface area (TPSA) is 123 Å². The molecule has 1 unspecified atom stereocenters. The second-order valence-corrected chi connectivity index (χ2v) is 10.6. The minimum Gasteiger partial charge on any atom is -0.507 e. The van der Waals surface area contributed by atoms with Gasteiger partial charge in [-0.2, -0.15) is 13.2 Å². The molecular weight excluding hydrogens is 577 g/mol. The zero-order valence-electron chi connectivity index (χ0n) is 24.4. The SMILES string of the molecule is CC(C)n1cc(C(F)(F)F)nc1-c1ccc(OCC(O)CN(CCOc2ccc(O)c(C(N)=O)c2)Cc2ccccc2)cc1. The van der Waals surface area contributed by atoms with E-state index in [2.05, 4.69) is 4.98 Å². The number of phenols is 1. The van der Waals surface area contributed by atoms with Crippen molar-refractivity contribution in [3.05, 3.63) is 95.8 Å². The molecule has 4 N–H and O–H groups in total. The number of aromatic nitrogens is 2. The molecule has 0 saturated heterocycles. The van der Waals surface area contributed by atoms with Crippen molar-refractivity contribution in [2.75, 3.05) is 26.3 Å². The summed E-state index contributed by atoms with van der Waals surface area (Å²) in [6.45, 7) is 4.98. The predicted octanol–water partition coefficient (Wildman–Crippen LogP) is 5.28. The van der Waals surface area contributed by atoms with Crippen molar-refractivity contribution >= 4 is 5.91 Å². The number of aromatic hydroxyl groups is 1. The molecule has 0 aliphatic heterocycles. The third kappa shape index (κ3) is 8.74. The smallest absolute Gasteiger partial charge is 0.434 e. The highest BCUT2D eigenvalue weighted by Gasteiger charge is 2.35. The summed E-state index contributed by atoms with van der Waals surface area (Å²) in [7, 11) is 0. The van der Waals surface area contributed by atoms with Gasteiger partial charge in [0.25, 0.3) is 5.91 Å². The molecule has 4 rings (SSSR count). The Labute approximate surface area is 253 Å². The van der Waals surface area contributed by atoms with Crippen LogP contribution in [0.1, 0.15) is 41.5 Å². The summed E-state index contributed by atoms with van der Waals surface area (Å²) in [6, 6.07) is 20.2. The van der Waals surface area contributed by atoms with Crippen LogP contribution in [0.25, 0.3) is 11.4 Å². The molecular formula is C32H35F3N4O5. The zero-order valence-corrected chi connectivity index (χ0v) is 24.4. The van der Waals surface area contributed by atoms with Gasteiger partial charge in [0.05, 0.1) is 5.56 Å². The van der Waals surface area contributed by atoms with Gasteiger partial charge in [0.15, 0.2) is 5.69 Å². The lowest BCUT2D eigenvalue weighted by Gasteiger charge is -2.25. The van der Waals surface area contributed by atoms with Gasteiger partial charge in [-0.1, -0.05) is 30.3 Å². The average molecular weight is 613 g/mol. The summed E-state index contributed by atoms with van der Waals surface area (Å²) < 4.78 is 52.8. The third-order valence-corrected chi connectivity index (χ3v) is 6.76. The van der Waals surface area contributed by atoms with Crippen LogP contribution < -0.4 is 15.2 Å². The molecule has 0 fully saturated rings. The number of halogens is 3. The number of nitrogens with two attached hydrogens (primary N) is 1. The number of carbonyl (C=O) groups excluding carboxylic acids is 1. The summed E-state index contributed by atoms with van der Waals surface area (Å²) in [6.07, 6.45) is -4.41. The van der Waals surface area contributed by atoms with E-state index in [4.69, 9.17) is 15.2 Å². The third-order valence-electron chi connectivity index (χ3n) is 6.76. The fourth-order valence-corrected chi connectivity index (χ4v) is 4.55. The number of aliphatic hydroxyl groups excluding tert-OH is 1. The highest BCUT2D eigenvalue weighted by atomic mass is 19.4. The maximum absolute atomic E-state index is 13.3. The molecule has 4 aromatic rings. The number of hydrogen-bond acceptors (Lipinski definition) is 7. The van der Waals surface area contributed by atoms with E-state index < -0.39 is 23.9 Å². The molecule has 44 heavy (non-hydrogen) atoms. The quantitative estimate of drug-likeness (QED) is 0.177. The monoisotopic (exact) mass is 612 g/mol. The van der Waals surface area contributed by atoms with Crippen molar-refractivity contribution in [1.82, 2.24) is 14.5 Å². The number of carbonyl (C=O) groups is 1. The number of hydrogen-bond donors (Lipinski definition) is 3. The van der Waals surface area contributed by atoms with Gasteiger partial charge in [0.1, 0.15) is 42.4 Å². The molecule has 1 atom stereocenters. The van der Waals surface area contributed by atoms with Gasteiger partial charge in [0, 0.05) is 37.4 Å². The Bertz CT molecular complexity index is 1530. The van der Waals surface area contributed by atoms with E-state index in [-0.39, 0.29) is 42.9 Å². The van der Waals surface area contributed by atoms with Crippen molar-refractivity contribution in [2.24, 2.45) is 5.73 Å². The first-order valence-corrected chi connectivity index (χ1v) is 14.0. The van der Waals surface area contributed by atoms with Crippen molar-refractivity contribution in [2.45, 2.75) is 38.7 Å². The van der Waals surface area contributed by atoms with Gasteiger partial charge in [-0.05, 0) is 61.9 Å². The highest BCUT2D eigenvalue weighted by molar-refractivity contribution is 5.95. The standard InChI is InChI=1S/C32H35F3N4O5/c1-21(2)39-19-29(32(33,34)35)37-31(39)23-8-10-25(11-9-23)44-20-24(40)18-38(17-22-6-4-3-5-7-22)14-15-43-26-12-13-28(41)27(16-26)30(36)42/h3-13,16,19,21,24,40-41H,14-15,17-18,20H2,1-2H3,(H2,36,42). The highest BCUT2D eigenvalue weighted by Crippen LogP contribution is 2.33. The van der Waals surface area contributed by atoms with Gasteiger partial charge in [-0.3, -0.25) is 9.69 Å². The Kier molecular flexibility index (Phi) is 10.5. The molecule has 0 aliphatic rings. The van der Waals surface area contributed by atoms with Crippen LogP contribution in [0.4, 0.5) is 13.2 Å². The van der Waals surface area contributed by atoms with E-state index in [0.717, 1.165) is 11.8 Å². The molecule has 3 aromatic carbocycles. The zero-order chi connectivity index (χ0) is 31.9. The Morgan fingerprint density at radius 3 is 2.34 bits per heavy atom. The van der Waals surface area contributed by atoms with Crippen LogP contribution in [0, 0.1) is 0 Å². The molecule has 1 amide bonds. The molecule has 234 valence electrons. The summed E-state index contributed by atoms with van der Waals surface area (Å²) >= 11 is 0. The molecule has 12 heteroatoms. The van der Waals surface area contributed by atoms with Crippen molar-refractivity contribution in [3.63, 3.8) is 0 Å². The van der Waals surface area contributed by atoms with Crippen LogP contribution >= 0.6 is 0 Å². The Morgan fingerprint density at radius 2 is 1.70 bits per heavy atom. The second-order valence-electron chi connectivity index (χ2n) is 10.6. The van der Waals surface area contributed by atoms with Crippen LogP contribution in [0.15, 0.2) is 79.0 Å². The first kappa shape index (κ1) is 32.4. The number of amides is 1. The van der Waals surface area contributed by atoms with E-state index in [9.17, 15) is 28.2 Å². The van der Waals surface area contributed by atoms with E-state index in [0.29, 0.717) is 30.2 Å². The number of rotatable bonds is 14. The summed E-state index contributed by atoms with van der Waals surface area (Å²) in [5.41, 5.74) is 5.84. The van der Waals surface area contributed by atoms with Gasteiger partial charge < -0.3 is 30.0 Å². The molecule has 0 radical (unpaired) electrons. The van der Waals surface area contributed by atoms with Crippen LogP contribution in [-0.2, 0) is 12.7 Å². The molecule has 1 aromatic heterocycles. The van der Waals surface area contributed by atoms with Crippen LogP contribution in [0.2, 0.25) is 0 Å². The summed E-state index contributed by atoms with van der Waals surface area (Å²) in [4.78, 5) is 17.3. The minimum atomic E-state index is -4.55. The maximum atomic E-state index is 13.3. The fourth-order valence-electron chi connectivity index (χ4n) is 4.55. The lowest BCUT2D eigenvalue weighted by molar-refractivity contribution is -0.140. The van der Waals surface area contributed by atoms with Gasteiger partial charge in [-0.25, -0.2) is 4.98 Å². The fraction of sp³-hybridized carbons (Fsp3) is 0.312. The van der Waals surface area contributed by atoms with Crippen molar-refractivity contribution < 1.29 is 37.7 Å². The van der Waals surface area contributed by atoms with Gasteiger partial charge >= 0.3 is 6.18 Å². The molecule has 9 nitrogen and oxygen atoms in total. The molecule has 1 heterocycles. The molecule has 0 bridgehead atoms. The minimum absolute atomic E-state index is 0.0235. The van der Waals surface area contributed by atoms with E-state index >= 15 is 0 Å². The van der Waals surface area contributed by atoms with Crippen molar-refractivity contribution in [3.8, 4) is 28.6 Å². The number of ether oxygens (including phenoxy) is 2. The number of imidazole rings is 1. The van der Waals surface area contributed by atoms with E-state index in [1.54, 1.807) is 38.1 Å². The van der Waals surface area contributed by atoms with Crippen LogP contribution in [-0.4, -0.2) is 63.0 Å². The Balaban J connectivity index is 1.36. The van der Waals surface area contributed by atoms with E-state index in [1.807, 2.05) is 35.2 Å². The lowest BCUT2D eigenvalue weighted by atomic mass is 10.2.